The zero-order chi connectivity index (χ0) is 11.1. The van der Waals surface area contributed by atoms with Gasteiger partial charge in [0.15, 0.2) is 6.29 Å². The van der Waals surface area contributed by atoms with Gasteiger partial charge < -0.3 is 10.2 Å². The van der Waals surface area contributed by atoms with Crippen LogP contribution in [0, 0.1) is 0 Å². The first kappa shape index (κ1) is 12.2. The number of benzene rings is 1. The largest absolute Gasteiger partial charge is 0.364 e. The van der Waals surface area contributed by atoms with E-state index < -0.39 is 6.29 Å². The number of hydrogen-bond donors (Lipinski definition) is 2. The van der Waals surface area contributed by atoms with E-state index in [1.807, 2.05) is 12.1 Å². The highest BCUT2D eigenvalue weighted by Crippen LogP contribution is 2.13. The van der Waals surface area contributed by atoms with Crippen molar-refractivity contribution >= 4 is 0 Å². The van der Waals surface area contributed by atoms with Gasteiger partial charge in [0.05, 0.1) is 0 Å². The Morgan fingerprint density at radius 1 is 1.00 bits per heavy atom. The minimum absolute atomic E-state index is 0.562. The van der Waals surface area contributed by atoms with Crippen LogP contribution in [0.4, 0.5) is 0 Å². The van der Waals surface area contributed by atoms with Crippen molar-refractivity contribution in [3.63, 3.8) is 0 Å². The molecule has 2 N–H and O–H groups in total. The number of rotatable bonds is 6. The molecule has 0 fully saturated rings. The summed E-state index contributed by atoms with van der Waals surface area (Å²) in [6.07, 6.45) is 4.79. The summed E-state index contributed by atoms with van der Waals surface area (Å²) in [6, 6.07) is 7.50. The minimum atomic E-state index is -1.35. The normalized spacial score (nSPS) is 10.9. The fourth-order valence-electron chi connectivity index (χ4n) is 1.61. The average molecular weight is 208 g/mol. The van der Waals surface area contributed by atoms with Gasteiger partial charge in [0, 0.05) is 5.56 Å². The smallest absolute Gasteiger partial charge is 0.178 e. The molecule has 0 aromatic heterocycles. The van der Waals surface area contributed by atoms with E-state index in [1.165, 1.54) is 31.2 Å². The van der Waals surface area contributed by atoms with Crippen molar-refractivity contribution in [1.29, 1.82) is 0 Å². The molecule has 84 valence electrons. The molecule has 0 aliphatic rings. The summed E-state index contributed by atoms with van der Waals surface area (Å²) >= 11 is 0. The maximum atomic E-state index is 8.92. The molecule has 0 aliphatic carbocycles. The molecule has 0 radical (unpaired) electrons. The van der Waals surface area contributed by atoms with Crippen molar-refractivity contribution in [2.45, 2.75) is 45.3 Å². The van der Waals surface area contributed by atoms with Crippen molar-refractivity contribution in [3.8, 4) is 0 Å². The van der Waals surface area contributed by atoms with Gasteiger partial charge in [0.2, 0.25) is 0 Å². The molecule has 15 heavy (non-hydrogen) atoms. The van der Waals surface area contributed by atoms with E-state index in [2.05, 4.69) is 6.92 Å². The van der Waals surface area contributed by atoms with Crippen LogP contribution in [0.15, 0.2) is 24.3 Å². The van der Waals surface area contributed by atoms with Crippen LogP contribution in [0.2, 0.25) is 0 Å². The molecule has 0 spiro atoms. The zero-order valence-electron chi connectivity index (χ0n) is 9.32. The van der Waals surface area contributed by atoms with E-state index in [0.29, 0.717) is 5.56 Å². The maximum Gasteiger partial charge on any atom is 0.178 e. The van der Waals surface area contributed by atoms with Crippen molar-refractivity contribution < 1.29 is 10.2 Å². The van der Waals surface area contributed by atoms with Gasteiger partial charge in [-0.2, -0.15) is 0 Å². The predicted octanol–water partition coefficient (Wildman–Crippen LogP) is 2.79. The van der Waals surface area contributed by atoms with Gasteiger partial charge >= 0.3 is 0 Å². The van der Waals surface area contributed by atoms with Crippen LogP contribution in [0.5, 0.6) is 0 Å². The number of aliphatic hydroxyl groups excluding tert-OH is 1. The standard InChI is InChI=1S/C13H20O2/c1-2-3-4-5-6-11-7-9-12(10-8-11)13(14)15/h7-10,13-15H,2-6H2,1H3. The Labute approximate surface area is 91.6 Å². The summed E-state index contributed by atoms with van der Waals surface area (Å²) in [5, 5.41) is 17.8. The number of aryl methyl sites for hydroxylation is 1. The van der Waals surface area contributed by atoms with Crippen LogP contribution in [0.3, 0.4) is 0 Å². The van der Waals surface area contributed by atoms with E-state index in [0.717, 1.165) is 6.42 Å². The molecule has 0 atom stereocenters. The molecule has 2 nitrogen and oxygen atoms in total. The van der Waals surface area contributed by atoms with Crippen LogP contribution >= 0.6 is 0 Å². The van der Waals surface area contributed by atoms with Crippen LogP contribution in [-0.2, 0) is 6.42 Å². The number of hydrogen-bond acceptors (Lipinski definition) is 2. The maximum absolute atomic E-state index is 8.92. The third kappa shape index (κ3) is 4.45. The Kier molecular flexibility index (Phi) is 5.37. The number of unbranched alkanes of at least 4 members (excludes halogenated alkanes) is 3. The lowest BCUT2D eigenvalue weighted by atomic mass is 10.0. The second kappa shape index (κ2) is 6.59. The van der Waals surface area contributed by atoms with Gasteiger partial charge in [0.25, 0.3) is 0 Å². The van der Waals surface area contributed by atoms with E-state index in [-0.39, 0.29) is 0 Å². The summed E-state index contributed by atoms with van der Waals surface area (Å²) in [6.45, 7) is 2.21. The summed E-state index contributed by atoms with van der Waals surface area (Å²) < 4.78 is 0. The summed E-state index contributed by atoms with van der Waals surface area (Å²) in [5.41, 5.74) is 1.84. The lowest BCUT2D eigenvalue weighted by molar-refractivity contribution is -0.0424. The van der Waals surface area contributed by atoms with E-state index >= 15 is 0 Å². The first-order valence-corrected chi connectivity index (χ1v) is 5.69. The molecular formula is C13H20O2. The van der Waals surface area contributed by atoms with Gasteiger partial charge in [-0.3, -0.25) is 0 Å². The molecule has 1 rings (SSSR count). The molecule has 0 unspecified atom stereocenters. The second-order valence-corrected chi connectivity index (χ2v) is 3.93. The molecule has 1 aromatic rings. The fourth-order valence-corrected chi connectivity index (χ4v) is 1.61. The number of aliphatic hydroxyl groups is 2. The van der Waals surface area contributed by atoms with Crippen LogP contribution in [-0.4, -0.2) is 10.2 Å². The quantitative estimate of drug-likeness (QED) is 0.557. The molecular weight excluding hydrogens is 188 g/mol. The highest BCUT2D eigenvalue weighted by molar-refractivity contribution is 5.23. The molecule has 2 heteroatoms. The highest BCUT2D eigenvalue weighted by Gasteiger charge is 2.01. The fraction of sp³-hybridized carbons (Fsp3) is 0.538. The van der Waals surface area contributed by atoms with Gasteiger partial charge in [-0.1, -0.05) is 50.5 Å². The Hall–Kier alpha value is -0.860. The van der Waals surface area contributed by atoms with E-state index in [9.17, 15) is 0 Å². The third-order valence-corrected chi connectivity index (χ3v) is 2.60. The van der Waals surface area contributed by atoms with Gasteiger partial charge in [-0.05, 0) is 18.4 Å². The van der Waals surface area contributed by atoms with Crippen molar-refractivity contribution in [2.75, 3.05) is 0 Å². The first-order chi connectivity index (χ1) is 7.24. The first-order valence-electron chi connectivity index (χ1n) is 5.69. The summed E-state index contributed by atoms with van der Waals surface area (Å²) in [7, 11) is 0. The SMILES string of the molecule is CCCCCCc1ccc(C(O)O)cc1. The average Bonchev–Trinajstić information content (AvgIpc) is 2.25. The molecule has 0 saturated heterocycles. The Bertz CT molecular complexity index is 264. The van der Waals surface area contributed by atoms with E-state index in [4.69, 9.17) is 10.2 Å². The lowest BCUT2D eigenvalue weighted by Gasteiger charge is -2.05. The van der Waals surface area contributed by atoms with Crippen molar-refractivity contribution in [2.24, 2.45) is 0 Å². The van der Waals surface area contributed by atoms with Crippen LogP contribution < -0.4 is 0 Å². The molecule has 0 saturated carbocycles. The Morgan fingerprint density at radius 2 is 1.67 bits per heavy atom. The highest BCUT2D eigenvalue weighted by atomic mass is 16.5. The van der Waals surface area contributed by atoms with Crippen molar-refractivity contribution in [3.05, 3.63) is 35.4 Å². The minimum Gasteiger partial charge on any atom is -0.364 e. The molecule has 0 amide bonds. The predicted molar refractivity (Wildman–Crippen MR) is 61.5 cm³/mol. The van der Waals surface area contributed by atoms with Crippen LogP contribution in [0.25, 0.3) is 0 Å². The van der Waals surface area contributed by atoms with Gasteiger partial charge in [-0.15, -0.1) is 0 Å². The van der Waals surface area contributed by atoms with Gasteiger partial charge in [-0.25, -0.2) is 0 Å². The molecule has 0 heterocycles. The molecule has 0 bridgehead atoms. The Morgan fingerprint density at radius 3 is 2.20 bits per heavy atom. The Balaban J connectivity index is 2.36. The molecule has 0 aliphatic heterocycles. The topological polar surface area (TPSA) is 40.5 Å². The third-order valence-electron chi connectivity index (χ3n) is 2.60. The van der Waals surface area contributed by atoms with Crippen LogP contribution in [0.1, 0.15) is 50.0 Å². The second-order valence-electron chi connectivity index (χ2n) is 3.93. The summed E-state index contributed by atoms with van der Waals surface area (Å²) in [4.78, 5) is 0. The zero-order valence-corrected chi connectivity index (χ0v) is 9.32. The summed E-state index contributed by atoms with van der Waals surface area (Å²) in [5.74, 6) is 0. The van der Waals surface area contributed by atoms with E-state index in [1.54, 1.807) is 12.1 Å². The molecule has 1 aromatic carbocycles. The van der Waals surface area contributed by atoms with Gasteiger partial charge in [0.1, 0.15) is 0 Å². The lowest BCUT2D eigenvalue weighted by Crippen LogP contribution is -1.95. The van der Waals surface area contributed by atoms with Crippen molar-refractivity contribution in [1.82, 2.24) is 0 Å². The monoisotopic (exact) mass is 208 g/mol.